The lowest BCUT2D eigenvalue weighted by molar-refractivity contribution is -0.121. The summed E-state index contributed by atoms with van der Waals surface area (Å²) in [4.78, 5) is 11.8. The van der Waals surface area contributed by atoms with Gasteiger partial charge in [0.15, 0.2) is 0 Å². The first-order valence-electron chi connectivity index (χ1n) is 6.04. The molecule has 0 bridgehead atoms. The molecule has 0 aliphatic carbocycles. The second-order valence-corrected chi connectivity index (χ2v) is 5.60. The summed E-state index contributed by atoms with van der Waals surface area (Å²) in [5.74, 6) is 1.05. The van der Waals surface area contributed by atoms with Gasteiger partial charge in [0.2, 0.25) is 5.91 Å². The minimum atomic E-state index is -0.172. The van der Waals surface area contributed by atoms with Crippen LogP contribution in [-0.2, 0) is 4.79 Å². The Labute approximate surface area is 117 Å². The second kappa shape index (κ2) is 6.78. The van der Waals surface area contributed by atoms with Crippen LogP contribution < -0.4 is 10.1 Å². The van der Waals surface area contributed by atoms with Crippen LogP contribution in [0, 0.1) is 5.92 Å². The average Bonchev–Trinajstić information content (AvgIpc) is 2.37. The average molecular weight is 314 g/mol. The first-order chi connectivity index (χ1) is 8.47. The summed E-state index contributed by atoms with van der Waals surface area (Å²) in [6, 6.07) is 7.63. The molecule has 0 aliphatic rings. The van der Waals surface area contributed by atoms with E-state index in [0.29, 0.717) is 0 Å². The zero-order valence-corrected chi connectivity index (χ0v) is 12.8. The van der Waals surface area contributed by atoms with Gasteiger partial charge in [0.1, 0.15) is 5.75 Å². The van der Waals surface area contributed by atoms with Crippen LogP contribution in [0.15, 0.2) is 24.3 Å². The minimum absolute atomic E-state index is 0.00315. The lowest BCUT2D eigenvalue weighted by Gasteiger charge is -2.20. The van der Waals surface area contributed by atoms with Crippen molar-refractivity contribution in [3.05, 3.63) is 29.8 Å². The molecule has 100 valence electrons. The molecular weight excluding hydrogens is 294 g/mol. The number of rotatable bonds is 5. The van der Waals surface area contributed by atoms with Gasteiger partial charge in [-0.3, -0.25) is 4.79 Å². The van der Waals surface area contributed by atoms with Gasteiger partial charge in [-0.05, 0) is 18.9 Å². The summed E-state index contributed by atoms with van der Waals surface area (Å²) in [6.45, 7) is 5.97. The van der Waals surface area contributed by atoms with Crippen LogP contribution in [0.4, 0.5) is 0 Å². The van der Waals surface area contributed by atoms with Crippen LogP contribution in [0.25, 0.3) is 0 Å². The number of alkyl halides is 1. The zero-order valence-electron chi connectivity index (χ0n) is 11.2. The van der Waals surface area contributed by atoms with E-state index in [1.165, 1.54) is 0 Å². The Balaban J connectivity index is 2.76. The van der Waals surface area contributed by atoms with Gasteiger partial charge in [-0.25, -0.2) is 0 Å². The SMILES string of the molecule is COc1ccccc1C(C)NC(=O)C(Br)C(C)C. The van der Waals surface area contributed by atoms with Gasteiger partial charge >= 0.3 is 0 Å². The number of nitrogens with one attached hydrogen (secondary N) is 1. The number of hydrogen-bond acceptors (Lipinski definition) is 2. The molecule has 1 aromatic rings. The quantitative estimate of drug-likeness (QED) is 0.847. The third-order valence-corrected chi connectivity index (χ3v) is 4.27. The highest BCUT2D eigenvalue weighted by Crippen LogP contribution is 2.25. The summed E-state index contributed by atoms with van der Waals surface area (Å²) in [5, 5.41) is 2.99. The van der Waals surface area contributed by atoms with E-state index < -0.39 is 0 Å². The van der Waals surface area contributed by atoms with Crippen LogP contribution in [0.1, 0.15) is 32.4 Å². The summed E-state index contributed by atoms with van der Waals surface area (Å²) in [6.07, 6.45) is 0. The van der Waals surface area contributed by atoms with Crippen LogP contribution in [0.2, 0.25) is 0 Å². The molecule has 1 N–H and O–H groups in total. The van der Waals surface area contributed by atoms with Crippen molar-refractivity contribution in [3.8, 4) is 5.75 Å². The van der Waals surface area contributed by atoms with Gasteiger partial charge < -0.3 is 10.1 Å². The molecule has 0 fully saturated rings. The fourth-order valence-corrected chi connectivity index (χ4v) is 1.83. The molecule has 0 saturated heterocycles. The molecule has 0 saturated carbocycles. The number of para-hydroxylation sites is 1. The number of amides is 1. The lowest BCUT2D eigenvalue weighted by Crippen LogP contribution is -2.35. The van der Waals surface area contributed by atoms with E-state index in [0.717, 1.165) is 11.3 Å². The minimum Gasteiger partial charge on any atom is -0.496 e. The van der Waals surface area contributed by atoms with Crippen molar-refractivity contribution < 1.29 is 9.53 Å². The summed E-state index contributed by atoms with van der Waals surface area (Å²) < 4.78 is 5.29. The van der Waals surface area contributed by atoms with Crippen LogP contribution >= 0.6 is 15.9 Å². The first kappa shape index (κ1) is 15.0. The Morgan fingerprint density at radius 3 is 2.44 bits per heavy atom. The molecule has 0 radical (unpaired) electrons. The molecule has 2 atom stereocenters. The van der Waals surface area contributed by atoms with Crippen molar-refractivity contribution >= 4 is 21.8 Å². The molecule has 4 heteroatoms. The number of carbonyl (C=O) groups excluding carboxylic acids is 1. The van der Waals surface area contributed by atoms with E-state index in [9.17, 15) is 4.79 Å². The predicted molar refractivity (Wildman–Crippen MR) is 77.1 cm³/mol. The van der Waals surface area contributed by atoms with Crippen molar-refractivity contribution in [2.45, 2.75) is 31.6 Å². The van der Waals surface area contributed by atoms with Crippen molar-refractivity contribution in [2.24, 2.45) is 5.92 Å². The zero-order chi connectivity index (χ0) is 13.7. The van der Waals surface area contributed by atoms with E-state index in [4.69, 9.17) is 4.74 Å². The molecule has 0 heterocycles. The number of carbonyl (C=O) groups is 1. The molecule has 3 nitrogen and oxygen atoms in total. The van der Waals surface area contributed by atoms with Gasteiger partial charge in [-0.1, -0.05) is 48.0 Å². The molecule has 2 unspecified atom stereocenters. The summed E-state index contributed by atoms with van der Waals surface area (Å²) in [5.41, 5.74) is 0.983. The fraction of sp³-hybridized carbons (Fsp3) is 0.500. The van der Waals surface area contributed by atoms with Gasteiger partial charge in [-0.2, -0.15) is 0 Å². The van der Waals surface area contributed by atoms with Crippen molar-refractivity contribution in [1.29, 1.82) is 0 Å². The molecule has 0 aromatic heterocycles. The van der Waals surface area contributed by atoms with Crippen LogP contribution in [-0.4, -0.2) is 17.8 Å². The van der Waals surface area contributed by atoms with E-state index in [1.54, 1.807) is 7.11 Å². The van der Waals surface area contributed by atoms with Gasteiger partial charge in [0.25, 0.3) is 0 Å². The summed E-state index contributed by atoms with van der Waals surface area (Å²) >= 11 is 3.40. The molecular formula is C14H20BrNO2. The molecule has 18 heavy (non-hydrogen) atoms. The fourth-order valence-electron chi connectivity index (χ4n) is 1.70. The standard InChI is InChI=1S/C14H20BrNO2/c1-9(2)13(15)14(17)16-10(3)11-7-5-6-8-12(11)18-4/h5-10,13H,1-4H3,(H,16,17). The maximum atomic E-state index is 12.0. The van der Waals surface area contributed by atoms with Crippen molar-refractivity contribution in [2.75, 3.05) is 7.11 Å². The van der Waals surface area contributed by atoms with Crippen LogP contribution in [0.5, 0.6) is 5.75 Å². The van der Waals surface area contributed by atoms with E-state index in [-0.39, 0.29) is 22.7 Å². The van der Waals surface area contributed by atoms with Gasteiger partial charge in [-0.15, -0.1) is 0 Å². The van der Waals surface area contributed by atoms with Gasteiger partial charge in [0, 0.05) is 5.56 Å². The largest absolute Gasteiger partial charge is 0.496 e. The predicted octanol–water partition coefficient (Wildman–Crippen LogP) is 3.29. The molecule has 1 rings (SSSR count). The Kier molecular flexibility index (Phi) is 5.66. The molecule has 0 aliphatic heterocycles. The number of benzene rings is 1. The Morgan fingerprint density at radius 1 is 1.28 bits per heavy atom. The first-order valence-corrected chi connectivity index (χ1v) is 6.96. The highest BCUT2D eigenvalue weighted by Gasteiger charge is 2.21. The van der Waals surface area contributed by atoms with Crippen molar-refractivity contribution in [3.63, 3.8) is 0 Å². The van der Waals surface area contributed by atoms with E-state index in [2.05, 4.69) is 21.2 Å². The molecule has 0 spiro atoms. The third-order valence-electron chi connectivity index (χ3n) is 2.80. The maximum Gasteiger partial charge on any atom is 0.234 e. The Bertz CT molecular complexity index is 407. The number of halogens is 1. The van der Waals surface area contributed by atoms with E-state index >= 15 is 0 Å². The number of hydrogen-bond donors (Lipinski definition) is 1. The number of ether oxygens (including phenoxy) is 1. The normalized spacial score (nSPS) is 14.1. The number of methoxy groups -OCH3 is 1. The Hall–Kier alpha value is -1.03. The van der Waals surface area contributed by atoms with Crippen molar-refractivity contribution in [1.82, 2.24) is 5.32 Å². The van der Waals surface area contributed by atoms with Crippen LogP contribution in [0.3, 0.4) is 0 Å². The van der Waals surface area contributed by atoms with E-state index in [1.807, 2.05) is 45.0 Å². The highest BCUT2D eigenvalue weighted by atomic mass is 79.9. The third kappa shape index (κ3) is 3.73. The molecule has 1 amide bonds. The topological polar surface area (TPSA) is 38.3 Å². The monoisotopic (exact) mass is 313 g/mol. The Morgan fingerprint density at radius 2 is 1.89 bits per heavy atom. The highest BCUT2D eigenvalue weighted by molar-refractivity contribution is 9.10. The second-order valence-electron chi connectivity index (χ2n) is 4.62. The molecule has 1 aromatic carbocycles. The maximum absolute atomic E-state index is 12.0. The summed E-state index contributed by atoms with van der Waals surface area (Å²) in [7, 11) is 1.63. The smallest absolute Gasteiger partial charge is 0.234 e. The van der Waals surface area contributed by atoms with Gasteiger partial charge in [0.05, 0.1) is 18.0 Å². The lowest BCUT2D eigenvalue weighted by atomic mass is 10.1.